The van der Waals surface area contributed by atoms with E-state index in [4.69, 9.17) is 4.74 Å². The van der Waals surface area contributed by atoms with Crippen molar-refractivity contribution in [3.63, 3.8) is 0 Å². The van der Waals surface area contributed by atoms with Crippen molar-refractivity contribution in [2.24, 2.45) is 0 Å². The Morgan fingerprint density at radius 3 is 2.59 bits per heavy atom. The summed E-state index contributed by atoms with van der Waals surface area (Å²) in [7, 11) is 0. The first-order valence-electron chi connectivity index (χ1n) is 8.59. The Kier molecular flexibility index (Phi) is 5.21. The lowest BCUT2D eigenvalue weighted by Crippen LogP contribution is -2.32. The van der Waals surface area contributed by atoms with E-state index in [0.717, 1.165) is 10.5 Å². The van der Waals surface area contributed by atoms with E-state index in [2.05, 4.69) is 5.32 Å². The molecular weight excluding hydrogens is 351 g/mol. The van der Waals surface area contributed by atoms with Crippen molar-refractivity contribution < 1.29 is 23.5 Å². The van der Waals surface area contributed by atoms with Crippen molar-refractivity contribution in [2.75, 3.05) is 18.5 Å². The van der Waals surface area contributed by atoms with Crippen LogP contribution in [0.1, 0.15) is 39.6 Å². The Labute approximate surface area is 155 Å². The fourth-order valence-corrected chi connectivity index (χ4v) is 2.91. The summed E-state index contributed by atoms with van der Waals surface area (Å²) in [5.74, 6) is -1.46. The largest absolute Gasteiger partial charge is 0.492 e. The molecule has 0 spiro atoms. The summed E-state index contributed by atoms with van der Waals surface area (Å²) < 4.78 is 18.6. The fourth-order valence-electron chi connectivity index (χ4n) is 2.91. The van der Waals surface area contributed by atoms with Crippen LogP contribution in [0.5, 0.6) is 5.75 Å². The van der Waals surface area contributed by atoms with Gasteiger partial charge in [0.1, 0.15) is 11.6 Å². The normalized spacial score (nSPS) is 12.9. The number of carbonyl (C=O) groups is 3. The zero-order valence-electron chi connectivity index (χ0n) is 15.0. The number of halogens is 1. The number of benzene rings is 2. The Balaban J connectivity index is 1.65. The smallest absolute Gasteiger partial charge is 0.261 e. The van der Waals surface area contributed by atoms with Crippen molar-refractivity contribution in [1.82, 2.24) is 4.90 Å². The third kappa shape index (κ3) is 3.81. The van der Waals surface area contributed by atoms with Gasteiger partial charge < -0.3 is 10.1 Å². The molecule has 140 valence electrons. The first-order valence-corrected chi connectivity index (χ1v) is 8.59. The minimum Gasteiger partial charge on any atom is -0.492 e. The minimum absolute atomic E-state index is 0.0393. The Morgan fingerprint density at radius 1 is 1.11 bits per heavy atom. The van der Waals surface area contributed by atoms with Crippen molar-refractivity contribution >= 4 is 23.4 Å². The second kappa shape index (κ2) is 7.57. The number of carbonyl (C=O) groups excluding carboxylic acids is 3. The molecule has 0 unspecified atom stereocenters. The third-order valence-corrected chi connectivity index (χ3v) is 4.21. The zero-order valence-corrected chi connectivity index (χ0v) is 15.0. The molecule has 1 aliphatic heterocycles. The number of fused-ring (bicyclic) bond motifs is 1. The van der Waals surface area contributed by atoms with Crippen LogP contribution in [-0.4, -0.2) is 35.8 Å². The average molecular weight is 370 g/mol. The lowest BCUT2D eigenvalue weighted by molar-refractivity contribution is -0.116. The summed E-state index contributed by atoms with van der Waals surface area (Å²) in [6.45, 7) is 3.87. The standard InChI is InChI=1S/C20H19FN2O4/c1-3-27-17-11-13(21)5-7-16(17)22-18(24)8-9-23-19(25)14-6-4-12(2)10-15(14)20(23)26/h4-7,10-11H,3,8-9H2,1-2H3,(H,22,24). The van der Waals surface area contributed by atoms with E-state index in [1.807, 2.05) is 6.92 Å². The van der Waals surface area contributed by atoms with Gasteiger partial charge in [-0.1, -0.05) is 11.6 Å². The molecule has 0 fully saturated rings. The van der Waals surface area contributed by atoms with Crippen LogP contribution in [0.2, 0.25) is 0 Å². The van der Waals surface area contributed by atoms with Crippen LogP contribution in [0.15, 0.2) is 36.4 Å². The lowest BCUT2D eigenvalue weighted by Gasteiger charge is -2.15. The quantitative estimate of drug-likeness (QED) is 0.793. The van der Waals surface area contributed by atoms with Crippen LogP contribution in [0.4, 0.5) is 10.1 Å². The van der Waals surface area contributed by atoms with E-state index in [1.165, 1.54) is 18.2 Å². The summed E-state index contributed by atoms with van der Waals surface area (Å²) in [6, 6.07) is 8.86. The number of amides is 3. The van der Waals surface area contributed by atoms with Gasteiger partial charge in [0.2, 0.25) is 5.91 Å². The van der Waals surface area contributed by atoms with Gasteiger partial charge in [0.25, 0.3) is 11.8 Å². The average Bonchev–Trinajstić information content (AvgIpc) is 2.86. The van der Waals surface area contributed by atoms with Crippen LogP contribution in [0, 0.1) is 12.7 Å². The van der Waals surface area contributed by atoms with Crippen molar-refractivity contribution in [3.8, 4) is 5.75 Å². The molecule has 0 bridgehead atoms. The van der Waals surface area contributed by atoms with Gasteiger partial charge in [-0.25, -0.2) is 4.39 Å². The lowest BCUT2D eigenvalue weighted by atomic mass is 10.1. The van der Waals surface area contributed by atoms with E-state index in [9.17, 15) is 18.8 Å². The Hall–Kier alpha value is -3.22. The Bertz CT molecular complexity index is 926. The monoisotopic (exact) mass is 370 g/mol. The number of nitrogens with one attached hydrogen (secondary N) is 1. The summed E-state index contributed by atoms with van der Waals surface area (Å²) in [5, 5.41) is 2.63. The maximum atomic E-state index is 13.3. The first kappa shape index (κ1) is 18.6. The molecule has 0 aliphatic carbocycles. The van der Waals surface area contributed by atoms with Crippen LogP contribution in [0.25, 0.3) is 0 Å². The summed E-state index contributed by atoms with van der Waals surface area (Å²) >= 11 is 0. The SMILES string of the molecule is CCOc1cc(F)ccc1NC(=O)CCN1C(=O)c2ccc(C)cc2C1=O. The molecule has 27 heavy (non-hydrogen) atoms. The van der Waals surface area contributed by atoms with E-state index < -0.39 is 23.5 Å². The molecule has 7 heteroatoms. The molecule has 0 saturated heterocycles. The highest BCUT2D eigenvalue weighted by Gasteiger charge is 2.35. The van der Waals surface area contributed by atoms with Gasteiger partial charge in [-0.2, -0.15) is 0 Å². The van der Waals surface area contributed by atoms with Crippen LogP contribution in [0.3, 0.4) is 0 Å². The number of ether oxygens (including phenoxy) is 1. The predicted molar refractivity (Wildman–Crippen MR) is 97.4 cm³/mol. The molecule has 0 aromatic heterocycles. The highest BCUT2D eigenvalue weighted by Crippen LogP contribution is 2.26. The Morgan fingerprint density at radius 2 is 1.85 bits per heavy atom. The van der Waals surface area contributed by atoms with Crippen LogP contribution < -0.4 is 10.1 Å². The molecular formula is C20H19FN2O4. The molecule has 0 saturated carbocycles. The van der Waals surface area contributed by atoms with E-state index in [0.29, 0.717) is 23.4 Å². The van der Waals surface area contributed by atoms with Gasteiger partial charge in [-0.15, -0.1) is 0 Å². The summed E-state index contributed by atoms with van der Waals surface area (Å²) in [5.41, 5.74) is 1.93. The number of imide groups is 1. The minimum atomic E-state index is -0.474. The highest BCUT2D eigenvalue weighted by molar-refractivity contribution is 6.21. The van der Waals surface area contributed by atoms with Gasteiger partial charge in [0, 0.05) is 19.0 Å². The fraction of sp³-hybridized carbons (Fsp3) is 0.250. The predicted octanol–water partition coefficient (Wildman–Crippen LogP) is 3.16. The molecule has 2 aromatic carbocycles. The zero-order chi connectivity index (χ0) is 19.6. The molecule has 3 amide bonds. The number of hydrogen-bond donors (Lipinski definition) is 1. The molecule has 1 N–H and O–H groups in total. The highest BCUT2D eigenvalue weighted by atomic mass is 19.1. The molecule has 1 heterocycles. The topological polar surface area (TPSA) is 75.7 Å². The summed E-state index contributed by atoms with van der Waals surface area (Å²) in [4.78, 5) is 38.1. The maximum absolute atomic E-state index is 13.3. The molecule has 1 aliphatic rings. The molecule has 0 radical (unpaired) electrons. The van der Waals surface area contributed by atoms with Crippen molar-refractivity contribution in [1.29, 1.82) is 0 Å². The van der Waals surface area contributed by atoms with Gasteiger partial charge in [0.05, 0.1) is 23.4 Å². The maximum Gasteiger partial charge on any atom is 0.261 e. The summed E-state index contributed by atoms with van der Waals surface area (Å²) in [6.07, 6.45) is -0.0760. The molecule has 6 nitrogen and oxygen atoms in total. The first-order chi connectivity index (χ1) is 12.9. The van der Waals surface area contributed by atoms with Crippen molar-refractivity contribution in [3.05, 3.63) is 58.9 Å². The van der Waals surface area contributed by atoms with E-state index >= 15 is 0 Å². The number of hydrogen-bond acceptors (Lipinski definition) is 4. The van der Waals surface area contributed by atoms with Crippen LogP contribution >= 0.6 is 0 Å². The van der Waals surface area contributed by atoms with Gasteiger partial charge in [0.15, 0.2) is 0 Å². The number of rotatable bonds is 6. The number of nitrogens with zero attached hydrogens (tertiary/aromatic N) is 1. The van der Waals surface area contributed by atoms with Gasteiger partial charge >= 0.3 is 0 Å². The number of anilines is 1. The number of aryl methyl sites for hydroxylation is 1. The third-order valence-electron chi connectivity index (χ3n) is 4.21. The molecule has 0 atom stereocenters. The van der Waals surface area contributed by atoms with Crippen molar-refractivity contribution in [2.45, 2.75) is 20.3 Å². The molecule has 3 rings (SSSR count). The van der Waals surface area contributed by atoms with Gasteiger partial charge in [-0.05, 0) is 38.1 Å². The van der Waals surface area contributed by atoms with Crippen LogP contribution in [-0.2, 0) is 4.79 Å². The van der Waals surface area contributed by atoms with E-state index in [-0.39, 0.29) is 18.7 Å². The van der Waals surface area contributed by atoms with E-state index in [1.54, 1.807) is 25.1 Å². The molecule has 2 aromatic rings. The van der Waals surface area contributed by atoms with Gasteiger partial charge in [-0.3, -0.25) is 19.3 Å². The second-order valence-corrected chi connectivity index (χ2v) is 6.18. The second-order valence-electron chi connectivity index (χ2n) is 6.18.